The summed E-state index contributed by atoms with van der Waals surface area (Å²) in [5, 5.41) is 2.37. The van der Waals surface area contributed by atoms with Gasteiger partial charge in [0.2, 0.25) is 0 Å². The van der Waals surface area contributed by atoms with Crippen molar-refractivity contribution in [3.8, 4) is 0 Å². The molecule has 1 rings (SSSR count). The number of amides is 1. The van der Waals surface area contributed by atoms with Crippen LogP contribution in [0.15, 0.2) is 36.5 Å². The van der Waals surface area contributed by atoms with E-state index in [0.29, 0.717) is 11.8 Å². The van der Waals surface area contributed by atoms with E-state index in [4.69, 9.17) is 0 Å². The lowest BCUT2D eigenvalue weighted by Gasteiger charge is -2.03. The molecule has 0 saturated carbocycles. The Morgan fingerprint density at radius 2 is 2.21 bits per heavy atom. The molecule has 0 aliphatic heterocycles. The predicted octanol–water partition coefficient (Wildman–Crippen LogP) is 1.44. The molecule has 0 bridgehead atoms. The molecule has 14 heavy (non-hydrogen) atoms. The molecule has 0 radical (unpaired) electrons. The normalized spacial score (nSPS) is 9.21. The van der Waals surface area contributed by atoms with Crippen LogP contribution >= 0.6 is 0 Å². The van der Waals surface area contributed by atoms with Gasteiger partial charge < -0.3 is 5.32 Å². The summed E-state index contributed by atoms with van der Waals surface area (Å²) in [5.41, 5.74) is 1.58. The predicted molar refractivity (Wildman–Crippen MR) is 53.8 cm³/mol. The standard InChI is InChI=1S/C11H11NO2/c1-8-4-3-5-10(6-8)11(14)12-9(2)7-13/h3-7H,2H2,1H3,(H,12,14). The van der Waals surface area contributed by atoms with Gasteiger partial charge in [-0.15, -0.1) is 0 Å². The molecule has 0 aliphatic rings. The van der Waals surface area contributed by atoms with Crippen molar-refractivity contribution in [2.75, 3.05) is 0 Å². The summed E-state index contributed by atoms with van der Waals surface area (Å²) in [6, 6.07) is 7.10. The summed E-state index contributed by atoms with van der Waals surface area (Å²) in [7, 11) is 0. The fraction of sp³-hybridized carbons (Fsp3) is 0.0909. The number of hydrogen-bond acceptors (Lipinski definition) is 2. The summed E-state index contributed by atoms with van der Waals surface area (Å²) >= 11 is 0. The summed E-state index contributed by atoms with van der Waals surface area (Å²) in [6.45, 7) is 5.26. The maximum absolute atomic E-state index is 11.4. The number of nitrogens with one attached hydrogen (secondary N) is 1. The first kappa shape index (κ1) is 10.2. The average Bonchev–Trinajstić information content (AvgIpc) is 2.17. The number of hydrogen-bond donors (Lipinski definition) is 1. The maximum Gasteiger partial charge on any atom is 0.255 e. The monoisotopic (exact) mass is 189 g/mol. The molecule has 72 valence electrons. The maximum atomic E-state index is 11.4. The van der Waals surface area contributed by atoms with Gasteiger partial charge in [0.25, 0.3) is 5.91 Å². The third kappa shape index (κ3) is 2.55. The van der Waals surface area contributed by atoms with Crippen molar-refractivity contribution in [3.05, 3.63) is 47.7 Å². The first-order valence-electron chi connectivity index (χ1n) is 4.15. The van der Waals surface area contributed by atoms with E-state index in [0.717, 1.165) is 5.56 Å². The Morgan fingerprint density at radius 3 is 2.79 bits per heavy atom. The van der Waals surface area contributed by atoms with Crippen molar-refractivity contribution in [3.63, 3.8) is 0 Å². The van der Waals surface area contributed by atoms with Gasteiger partial charge in [0.1, 0.15) is 0 Å². The van der Waals surface area contributed by atoms with Gasteiger partial charge in [-0.25, -0.2) is 0 Å². The van der Waals surface area contributed by atoms with E-state index in [1.54, 1.807) is 18.2 Å². The van der Waals surface area contributed by atoms with Crippen LogP contribution in [0.3, 0.4) is 0 Å². The van der Waals surface area contributed by atoms with E-state index in [1.165, 1.54) is 0 Å². The number of rotatable bonds is 3. The van der Waals surface area contributed by atoms with Gasteiger partial charge in [0.05, 0.1) is 5.70 Å². The van der Waals surface area contributed by atoms with Crippen molar-refractivity contribution < 1.29 is 9.59 Å². The van der Waals surface area contributed by atoms with Gasteiger partial charge in [0.15, 0.2) is 6.29 Å². The zero-order chi connectivity index (χ0) is 10.6. The minimum absolute atomic E-state index is 0.0662. The molecule has 0 aliphatic carbocycles. The molecule has 0 unspecified atom stereocenters. The van der Waals surface area contributed by atoms with Gasteiger partial charge in [-0.1, -0.05) is 24.3 Å². The van der Waals surface area contributed by atoms with Crippen LogP contribution in [0, 0.1) is 6.92 Å². The van der Waals surface area contributed by atoms with E-state index in [9.17, 15) is 9.59 Å². The zero-order valence-electron chi connectivity index (χ0n) is 7.91. The second-order valence-corrected chi connectivity index (χ2v) is 2.97. The number of carbonyl (C=O) groups is 2. The molecule has 1 amide bonds. The smallest absolute Gasteiger partial charge is 0.255 e. The minimum Gasteiger partial charge on any atom is -0.320 e. The molecule has 3 heteroatoms. The van der Waals surface area contributed by atoms with Crippen LogP contribution in [0.5, 0.6) is 0 Å². The van der Waals surface area contributed by atoms with E-state index in [2.05, 4.69) is 11.9 Å². The molecule has 1 N–H and O–H groups in total. The van der Waals surface area contributed by atoms with Crippen molar-refractivity contribution in [2.24, 2.45) is 0 Å². The molecule has 1 aromatic carbocycles. The third-order valence-electron chi connectivity index (χ3n) is 1.70. The molecule has 1 aromatic rings. The first-order valence-corrected chi connectivity index (χ1v) is 4.15. The third-order valence-corrected chi connectivity index (χ3v) is 1.70. The summed E-state index contributed by atoms with van der Waals surface area (Å²) in [5.74, 6) is -0.314. The van der Waals surface area contributed by atoms with Crippen LogP contribution in [0.2, 0.25) is 0 Å². The van der Waals surface area contributed by atoms with Crippen molar-refractivity contribution >= 4 is 12.2 Å². The van der Waals surface area contributed by atoms with Gasteiger partial charge >= 0.3 is 0 Å². The topological polar surface area (TPSA) is 46.2 Å². The summed E-state index contributed by atoms with van der Waals surface area (Å²) < 4.78 is 0. The molecule has 0 heterocycles. The lowest BCUT2D eigenvalue weighted by atomic mass is 10.1. The molecule has 3 nitrogen and oxygen atoms in total. The van der Waals surface area contributed by atoms with Gasteiger partial charge in [-0.3, -0.25) is 9.59 Å². The highest BCUT2D eigenvalue weighted by molar-refractivity contribution is 5.98. The average molecular weight is 189 g/mol. The quantitative estimate of drug-likeness (QED) is 0.577. The highest BCUT2D eigenvalue weighted by atomic mass is 16.2. The molecule has 0 fully saturated rings. The Bertz CT molecular complexity index is 383. The second kappa shape index (κ2) is 4.37. The highest BCUT2D eigenvalue weighted by Crippen LogP contribution is 2.03. The van der Waals surface area contributed by atoms with Crippen LogP contribution in [-0.4, -0.2) is 12.2 Å². The SMILES string of the molecule is C=C(C=O)NC(=O)c1cccc(C)c1. The largest absolute Gasteiger partial charge is 0.320 e. The lowest BCUT2D eigenvalue weighted by Crippen LogP contribution is -2.22. The Balaban J connectivity index is 2.79. The lowest BCUT2D eigenvalue weighted by molar-refractivity contribution is -0.105. The van der Waals surface area contributed by atoms with Crippen molar-refractivity contribution in [2.45, 2.75) is 6.92 Å². The fourth-order valence-corrected chi connectivity index (χ4v) is 1.03. The molecule has 0 aromatic heterocycles. The molecule has 0 saturated heterocycles. The number of benzene rings is 1. The van der Waals surface area contributed by atoms with Crippen LogP contribution in [-0.2, 0) is 4.79 Å². The molecular formula is C11H11NO2. The number of aldehydes is 1. The van der Waals surface area contributed by atoms with Gasteiger partial charge in [0, 0.05) is 5.56 Å². The Hall–Kier alpha value is -1.90. The van der Waals surface area contributed by atoms with Crippen molar-refractivity contribution in [1.82, 2.24) is 5.32 Å². The molecule has 0 spiro atoms. The Morgan fingerprint density at radius 1 is 1.50 bits per heavy atom. The van der Waals surface area contributed by atoms with Crippen LogP contribution in [0.4, 0.5) is 0 Å². The van der Waals surface area contributed by atoms with Gasteiger partial charge in [-0.2, -0.15) is 0 Å². The van der Waals surface area contributed by atoms with Crippen LogP contribution in [0.25, 0.3) is 0 Å². The second-order valence-electron chi connectivity index (χ2n) is 2.97. The number of allylic oxidation sites excluding steroid dienone is 1. The number of aryl methyl sites for hydroxylation is 1. The number of carbonyl (C=O) groups excluding carboxylic acids is 2. The summed E-state index contributed by atoms with van der Waals surface area (Å²) in [6.07, 6.45) is 0.508. The zero-order valence-corrected chi connectivity index (χ0v) is 7.91. The summed E-state index contributed by atoms with van der Waals surface area (Å²) in [4.78, 5) is 21.7. The Kier molecular flexibility index (Phi) is 3.18. The molecule has 0 atom stereocenters. The fourth-order valence-electron chi connectivity index (χ4n) is 1.03. The van der Waals surface area contributed by atoms with E-state index in [1.807, 2.05) is 13.0 Å². The molecular weight excluding hydrogens is 178 g/mol. The Labute approximate surface area is 82.4 Å². The van der Waals surface area contributed by atoms with E-state index >= 15 is 0 Å². The van der Waals surface area contributed by atoms with E-state index < -0.39 is 0 Å². The van der Waals surface area contributed by atoms with E-state index in [-0.39, 0.29) is 11.6 Å². The first-order chi connectivity index (χ1) is 6.63. The van der Waals surface area contributed by atoms with Gasteiger partial charge in [-0.05, 0) is 19.1 Å². The van der Waals surface area contributed by atoms with Crippen molar-refractivity contribution in [1.29, 1.82) is 0 Å². The van der Waals surface area contributed by atoms with Crippen LogP contribution in [0.1, 0.15) is 15.9 Å². The van der Waals surface area contributed by atoms with Crippen LogP contribution < -0.4 is 5.32 Å². The minimum atomic E-state index is -0.314. The highest BCUT2D eigenvalue weighted by Gasteiger charge is 2.05.